The molecule has 0 amide bonds. The highest BCUT2D eigenvalue weighted by Gasteiger charge is 2.05. The zero-order chi connectivity index (χ0) is 16.4. The Balaban J connectivity index is 1.92. The van der Waals surface area contributed by atoms with Crippen molar-refractivity contribution in [3.63, 3.8) is 0 Å². The van der Waals surface area contributed by atoms with Crippen LogP contribution in [0.4, 0.5) is 0 Å². The fourth-order valence-corrected chi connectivity index (χ4v) is 2.74. The topological polar surface area (TPSA) is 42.2 Å². The van der Waals surface area contributed by atoms with E-state index in [1.807, 2.05) is 19.1 Å². The van der Waals surface area contributed by atoms with Gasteiger partial charge in [-0.3, -0.25) is 0 Å². The van der Waals surface area contributed by atoms with Crippen molar-refractivity contribution in [1.29, 1.82) is 0 Å². The smallest absolute Gasteiger partial charge is 0.328 e. The second kappa shape index (κ2) is 6.13. The summed E-state index contributed by atoms with van der Waals surface area (Å²) >= 11 is 0. The third kappa shape index (κ3) is 3.34. The van der Waals surface area contributed by atoms with Gasteiger partial charge in [-0.15, -0.1) is 0 Å². The molecule has 3 heteroatoms. The van der Waals surface area contributed by atoms with Gasteiger partial charge in [0.1, 0.15) is 0 Å². The van der Waals surface area contributed by atoms with Crippen LogP contribution in [-0.2, 0) is 11.3 Å². The van der Waals surface area contributed by atoms with Crippen molar-refractivity contribution < 1.29 is 9.90 Å². The highest BCUT2D eigenvalue weighted by atomic mass is 16.4. The lowest BCUT2D eigenvalue weighted by Crippen LogP contribution is -1.97. The summed E-state index contributed by atoms with van der Waals surface area (Å²) in [6.07, 6.45) is 3.31. The lowest BCUT2D eigenvalue weighted by molar-refractivity contribution is -0.131. The maximum absolute atomic E-state index is 10.8. The summed E-state index contributed by atoms with van der Waals surface area (Å²) < 4.78 is 2.21. The monoisotopic (exact) mass is 305 g/mol. The summed E-state index contributed by atoms with van der Waals surface area (Å²) in [6.45, 7) is 4.73. The van der Waals surface area contributed by atoms with Crippen LogP contribution in [0.1, 0.15) is 23.6 Å². The van der Waals surface area contributed by atoms with Gasteiger partial charge in [-0.2, -0.15) is 0 Å². The van der Waals surface area contributed by atoms with Crippen LogP contribution in [0.3, 0.4) is 0 Å². The number of aliphatic carboxylic acids is 1. The number of aryl methyl sites for hydroxylation is 1. The van der Waals surface area contributed by atoms with Crippen LogP contribution in [0.15, 0.2) is 60.8 Å². The molecule has 1 aromatic heterocycles. The molecule has 23 heavy (non-hydrogen) atoms. The number of benzene rings is 2. The van der Waals surface area contributed by atoms with Crippen molar-refractivity contribution >= 4 is 22.4 Å². The molecule has 0 unspecified atom stereocenters. The first-order valence-corrected chi connectivity index (χ1v) is 7.59. The Labute approximate surface area is 135 Å². The van der Waals surface area contributed by atoms with Gasteiger partial charge in [0, 0.05) is 29.7 Å². The molecule has 0 bridgehead atoms. The normalized spacial score (nSPS) is 11.8. The molecule has 0 saturated heterocycles. The minimum Gasteiger partial charge on any atom is -0.478 e. The van der Waals surface area contributed by atoms with E-state index in [9.17, 15) is 4.79 Å². The van der Waals surface area contributed by atoms with E-state index in [0.29, 0.717) is 0 Å². The SMILES string of the molecule is C/C(=C\C(=O)O)c1ccc2c(ccn2Cc2ccc(C)cc2)c1. The van der Waals surface area contributed by atoms with Gasteiger partial charge in [-0.05, 0) is 48.7 Å². The van der Waals surface area contributed by atoms with Gasteiger partial charge in [0.25, 0.3) is 0 Å². The molecule has 2 aromatic carbocycles. The van der Waals surface area contributed by atoms with Gasteiger partial charge in [-0.25, -0.2) is 4.79 Å². The maximum atomic E-state index is 10.8. The molecule has 0 radical (unpaired) electrons. The van der Waals surface area contributed by atoms with E-state index >= 15 is 0 Å². The molecule has 0 saturated carbocycles. The van der Waals surface area contributed by atoms with Gasteiger partial charge in [0.05, 0.1) is 0 Å². The van der Waals surface area contributed by atoms with E-state index in [-0.39, 0.29) is 0 Å². The number of rotatable bonds is 4. The molecular formula is C20H19NO2. The first kappa shape index (κ1) is 15.1. The predicted octanol–water partition coefficient (Wildman–Crippen LogP) is 4.49. The van der Waals surface area contributed by atoms with Crippen LogP contribution in [0.5, 0.6) is 0 Å². The van der Waals surface area contributed by atoms with Crippen LogP contribution >= 0.6 is 0 Å². The van der Waals surface area contributed by atoms with E-state index in [1.165, 1.54) is 17.2 Å². The van der Waals surface area contributed by atoms with E-state index in [0.717, 1.165) is 28.6 Å². The second-order valence-corrected chi connectivity index (χ2v) is 5.87. The van der Waals surface area contributed by atoms with E-state index in [1.54, 1.807) is 0 Å². The summed E-state index contributed by atoms with van der Waals surface area (Å²) in [5.74, 6) is -0.917. The molecule has 0 fully saturated rings. The Bertz CT molecular complexity index is 886. The minimum atomic E-state index is -0.917. The zero-order valence-electron chi connectivity index (χ0n) is 13.3. The summed E-state index contributed by atoms with van der Waals surface area (Å²) in [6, 6.07) is 16.7. The van der Waals surface area contributed by atoms with E-state index in [4.69, 9.17) is 5.11 Å². The number of carboxylic acids is 1. The van der Waals surface area contributed by atoms with Crippen LogP contribution in [-0.4, -0.2) is 15.6 Å². The number of fused-ring (bicyclic) bond motifs is 1. The number of nitrogens with zero attached hydrogens (tertiary/aromatic N) is 1. The number of allylic oxidation sites excluding steroid dienone is 1. The van der Waals surface area contributed by atoms with Crippen LogP contribution in [0, 0.1) is 6.92 Å². The molecule has 3 nitrogen and oxygen atoms in total. The average molecular weight is 305 g/mol. The van der Waals surface area contributed by atoms with Crippen molar-refractivity contribution in [2.45, 2.75) is 20.4 Å². The summed E-state index contributed by atoms with van der Waals surface area (Å²) in [7, 11) is 0. The molecular weight excluding hydrogens is 286 g/mol. The van der Waals surface area contributed by atoms with Gasteiger partial charge < -0.3 is 9.67 Å². The number of carbonyl (C=O) groups is 1. The fraction of sp³-hybridized carbons (Fsp3) is 0.150. The quantitative estimate of drug-likeness (QED) is 0.722. The molecule has 1 N–H and O–H groups in total. The number of carboxylic acid groups (broad SMARTS) is 1. The van der Waals surface area contributed by atoms with Crippen LogP contribution in [0.25, 0.3) is 16.5 Å². The Morgan fingerprint density at radius 2 is 1.87 bits per heavy atom. The highest BCUT2D eigenvalue weighted by molar-refractivity contribution is 5.91. The van der Waals surface area contributed by atoms with Gasteiger partial charge in [-0.1, -0.05) is 35.9 Å². The molecule has 0 aliphatic rings. The second-order valence-electron chi connectivity index (χ2n) is 5.87. The summed E-state index contributed by atoms with van der Waals surface area (Å²) in [5, 5.41) is 9.98. The molecule has 0 spiro atoms. The van der Waals surface area contributed by atoms with Crippen LogP contribution in [0.2, 0.25) is 0 Å². The third-order valence-electron chi connectivity index (χ3n) is 4.04. The Morgan fingerprint density at radius 3 is 2.57 bits per heavy atom. The average Bonchev–Trinajstić information content (AvgIpc) is 2.91. The number of aromatic nitrogens is 1. The minimum absolute atomic E-state index is 0.755. The van der Waals surface area contributed by atoms with Gasteiger partial charge >= 0.3 is 5.97 Å². The first-order valence-electron chi connectivity index (χ1n) is 7.59. The third-order valence-corrected chi connectivity index (χ3v) is 4.04. The standard InChI is InChI=1S/C20H19NO2/c1-14-3-5-16(6-4-14)13-21-10-9-18-12-17(7-8-19(18)21)15(2)11-20(22)23/h3-12H,13H2,1-2H3,(H,22,23)/b15-11+. The van der Waals surface area contributed by atoms with Gasteiger partial charge in [0.15, 0.2) is 0 Å². The molecule has 3 rings (SSSR count). The Hall–Kier alpha value is -2.81. The fourth-order valence-electron chi connectivity index (χ4n) is 2.74. The highest BCUT2D eigenvalue weighted by Crippen LogP contribution is 2.23. The Morgan fingerprint density at radius 1 is 1.13 bits per heavy atom. The molecule has 3 aromatic rings. The number of hydrogen-bond acceptors (Lipinski definition) is 1. The van der Waals surface area contributed by atoms with Crippen molar-refractivity contribution in [2.24, 2.45) is 0 Å². The van der Waals surface area contributed by atoms with Crippen molar-refractivity contribution in [3.05, 3.63) is 77.5 Å². The lowest BCUT2D eigenvalue weighted by Gasteiger charge is -2.07. The molecule has 0 aliphatic heterocycles. The van der Waals surface area contributed by atoms with E-state index in [2.05, 4.69) is 54.1 Å². The molecule has 0 aliphatic carbocycles. The molecule has 116 valence electrons. The van der Waals surface area contributed by atoms with Crippen LogP contribution < -0.4 is 0 Å². The lowest BCUT2D eigenvalue weighted by atomic mass is 10.1. The maximum Gasteiger partial charge on any atom is 0.328 e. The first-order chi connectivity index (χ1) is 11.0. The summed E-state index contributed by atoms with van der Waals surface area (Å²) in [4.78, 5) is 10.8. The zero-order valence-corrected chi connectivity index (χ0v) is 13.3. The van der Waals surface area contributed by atoms with Crippen molar-refractivity contribution in [2.75, 3.05) is 0 Å². The number of hydrogen-bond donors (Lipinski definition) is 1. The Kier molecular flexibility index (Phi) is 4.02. The molecule has 1 heterocycles. The van der Waals surface area contributed by atoms with Gasteiger partial charge in [0.2, 0.25) is 0 Å². The largest absolute Gasteiger partial charge is 0.478 e. The van der Waals surface area contributed by atoms with Crippen molar-refractivity contribution in [3.8, 4) is 0 Å². The van der Waals surface area contributed by atoms with E-state index < -0.39 is 5.97 Å². The summed E-state index contributed by atoms with van der Waals surface area (Å²) in [5.41, 5.74) is 5.37. The predicted molar refractivity (Wildman–Crippen MR) is 93.5 cm³/mol. The van der Waals surface area contributed by atoms with Crippen molar-refractivity contribution in [1.82, 2.24) is 4.57 Å². The molecule has 0 atom stereocenters.